The number of ether oxygens (including phenoxy) is 1. The summed E-state index contributed by atoms with van der Waals surface area (Å²) >= 11 is 7.40. The SMILES string of the molecule is CCOC(=O)c1nc(Cc2ccc(F)cc2Cl)sc1C. The number of hydrogen-bond acceptors (Lipinski definition) is 4. The molecule has 0 N–H and O–H groups in total. The van der Waals surface area contributed by atoms with E-state index >= 15 is 0 Å². The normalized spacial score (nSPS) is 10.6. The second-order valence-corrected chi connectivity index (χ2v) is 5.84. The summed E-state index contributed by atoms with van der Waals surface area (Å²) < 4.78 is 17.9. The van der Waals surface area contributed by atoms with E-state index in [9.17, 15) is 9.18 Å². The van der Waals surface area contributed by atoms with Crippen molar-refractivity contribution in [3.8, 4) is 0 Å². The van der Waals surface area contributed by atoms with Crippen LogP contribution in [-0.4, -0.2) is 17.6 Å². The van der Waals surface area contributed by atoms with Gasteiger partial charge in [0.25, 0.3) is 0 Å². The van der Waals surface area contributed by atoms with Crippen LogP contribution in [0.2, 0.25) is 5.02 Å². The summed E-state index contributed by atoms with van der Waals surface area (Å²) in [5.41, 5.74) is 1.11. The number of hydrogen-bond donors (Lipinski definition) is 0. The molecule has 1 aromatic heterocycles. The summed E-state index contributed by atoms with van der Waals surface area (Å²) in [4.78, 5) is 16.8. The number of thiazole rings is 1. The highest BCUT2D eigenvalue weighted by molar-refractivity contribution is 7.11. The third kappa shape index (κ3) is 3.35. The van der Waals surface area contributed by atoms with Gasteiger partial charge in [0.15, 0.2) is 5.69 Å². The fourth-order valence-electron chi connectivity index (χ4n) is 1.74. The van der Waals surface area contributed by atoms with Crippen LogP contribution in [-0.2, 0) is 11.2 Å². The van der Waals surface area contributed by atoms with Gasteiger partial charge in [0.1, 0.15) is 5.82 Å². The lowest BCUT2D eigenvalue weighted by atomic mass is 10.1. The minimum Gasteiger partial charge on any atom is -0.461 e. The van der Waals surface area contributed by atoms with E-state index in [1.165, 1.54) is 23.5 Å². The van der Waals surface area contributed by atoms with E-state index < -0.39 is 5.97 Å². The molecule has 0 saturated heterocycles. The quantitative estimate of drug-likeness (QED) is 0.801. The van der Waals surface area contributed by atoms with Crippen LogP contribution in [0.25, 0.3) is 0 Å². The van der Waals surface area contributed by atoms with Gasteiger partial charge in [0, 0.05) is 16.3 Å². The van der Waals surface area contributed by atoms with Crippen LogP contribution in [0.3, 0.4) is 0 Å². The highest BCUT2D eigenvalue weighted by atomic mass is 35.5. The van der Waals surface area contributed by atoms with E-state index in [0.717, 1.165) is 15.4 Å². The fourth-order valence-corrected chi connectivity index (χ4v) is 2.92. The van der Waals surface area contributed by atoms with Crippen LogP contribution in [0.1, 0.15) is 32.9 Å². The second kappa shape index (κ2) is 6.33. The van der Waals surface area contributed by atoms with Crippen molar-refractivity contribution in [2.75, 3.05) is 6.61 Å². The maximum Gasteiger partial charge on any atom is 0.358 e. The molecule has 0 fully saturated rings. The van der Waals surface area contributed by atoms with Crippen LogP contribution in [0.5, 0.6) is 0 Å². The number of halogens is 2. The van der Waals surface area contributed by atoms with Crippen LogP contribution in [0.4, 0.5) is 4.39 Å². The number of aromatic nitrogens is 1. The average molecular weight is 314 g/mol. The highest BCUT2D eigenvalue weighted by Gasteiger charge is 2.17. The predicted molar refractivity (Wildman–Crippen MR) is 77.0 cm³/mol. The predicted octanol–water partition coefficient (Wildman–Crippen LogP) is 4.01. The lowest BCUT2D eigenvalue weighted by Gasteiger charge is -2.01. The zero-order valence-corrected chi connectivity index (χ0v) is 12.6. The first-order valence-corrected chi connectivity index (χ1v) is 7.28. The molecule has 1 heterocycles. The van der Waals surface area contributed by atoms with Gasteiger partial charge in [-0.3, -0.25) is 0 Å². The smallest absolute Gasteiger partial charge is 0.358 e. The van der Waals surface area contributed by atoms with E-state index in [-0.39, 0.29) is 5.82 Å². The molecule has 20 heavy (non-hydrogen) atoms. The molecule has 1 aromatic carbocycles. The number of carbonyl (C=O) groups is 1. The monoisotopic (exact) mass is 313 g/mol. The Kier molecular flexibility index (Phi) is 4.73. The van der Waals surface area contributed by atoms with E-state index in [0.29, 0.717) is 23.7 Å². The molecule has 6 heteroatoms. The Bertz CT molecular complexity index is 642. The van der Waals surface area contributed by atoms with E-state index in [1.807, 2.05) is 6.92 Å². The molecular formula is C14H13ClFNO2S. The van der Waals surface area contributed by atoms with Crippen molar-refractivity contribution in [2.45, 2.75) is 20.3 Å². The topological polar surface area (TPSA) is 39.2 Å². The zero-order valence-electron chi connectivity index (χ0n) is 11.1. The Morgan fingerprint density at radius 1 is 1.50 bits per heavy atom. The Morgan fingerprint density at radius 3 is 2.90 bits per heavy atom. The molecule has 0 spiro atoms. The first-order valence-electron chi connectivity index (χ1n) is 6.08. The number of benzene rings is 1. The summed E-state index contributed by atoms with van der Waals surface area (Å²) in [5.74, 6) is -0.793. The zero-order chi connectivity index (χ0) is 14.7. The lowest BCUT2D eigenvalue weighted by molar-refractivity contribution is 0.0519. The summed E-state index contributed by atoms with van der Waals surface area (Å²) in [6.07, 6.45) is 0.462. The summed E-state index contributed by atoms with van der Waals surface area (Å²) in [6.45, 7) is 3.88. The highest BCUT2D eigenvalue weighted by Crippen LogP contribution is 2.25. The summed E-state index contributed by atoms with van der Waals surface area (Å²) in [5, 5.41) is 1.11. The molecule has 106 valence electrons. The Hall–Kier alpha value is -1.46. The van der Waals surface area contributed by atoms with E-state index in [2.05, 4.69) is 4.98 Å². The van der Waals surface area contributed by atoms with Crippen molar-refractivity contribution in [1.29, 1.82) is 0 Å². The number of carbonyl (C=O) groups excluding carboxylic acids is 1. The Morgan fingerprint density at radius 2 is 2.25 bits per heavy atom. The van der Waals surface area contributed by atoms with Gasteiger partial charge in [-0.25, -0.2) is 14.2 Å². The van der Waals surface area contributed by atoms with Gasteiger partial charge in [-0.1, -0.05) is 17.7 Å². The molecule has 0 atom stereocenters. The molecule has 0 aliphatic heterocycles. The number of esters is 1. The molecular weight excluding hydrogens is 301 g/mol. The van der Waals surface area contributed by atoms with E-state index in [4.69, 9.17) is 16.3 Å². The van der Waals surface area contributed by atoms with Crippen LogP contribution in [0, 0.1) is 12.7 Å². The van der Waals surface area contributed by atoms with Crippen LogP contribution < -0.4 is 0 Å². The molecule has 0 bridgehead atoms. The van der Waals surface area contributed by atoms with Gasteiger partial charge in [-0.05, 0) is 31.5 Å². The third-order valence-electron chi connectivity index (χ3n) is 2.67. The van der Waals surface area contributed by atoms with Crippen molar-refractivity contribution in [1.82, 2.24) is 4.98 Å². The van der Waals surface area contributed by atoms with Crippen molar-refractivity contribution < 1.29 is 13.9 Å². The Balaban J connectivity index is 2.22. The van der Waals surface area contributed by atoms with Crippen molar-refractivity contribution >= 4 is 28.9 Å². The Labute approximate surface area is 125 Å². The molecule has 2 rings (SSSR count). The maximum atomic E-state index is 13.0. The fraction of sp³-hybridized carbons (Fsp3) is 0.286. The van der Waals surface area contributed by atoms with Gasteiger partial charge in [0.05, 0.1) is 11.6 Å². The second-order valence-electron chi connectivity index (χ2n) is 4.15. The summed E-state index contributed by atoms with van der Waals surface area (Å²) in [6, 6.07) is 4.25. The number of nitrogens with zero attached hydrogens (tertiary/aromatic N) is 1. The lowest BCUT2D eigenvalue weighted by Crippen LogP contribution is -2.06. The van der Waals surface area contributed by atoms with Gasteiger partial charge in [-0.2, -0.15) is 0 Å². The molecule has 0 amide bonds. The molecule has 0 aliphatic carbocycles. The molecule has 0 unspecified atom stereocenters. The minimum atomic E-state index is -0.419. The van der Waals surface area contributed by atoms with Gasteiger partial charge >= 0.3 is 5.97 Å². The largest absolute Gasteiger partial charge is 0.461 e. The van der Waals surface area contributed by atoms with Crippen LogP contribution in [0.15, 0.2) is 18.2 Å². The van der Waals surface area contributed by atoms with Gasteiger partial charge in [-0.15, -0.1) is 11.3 Å². The minimum absolute atomic E-state index is 0.314. The average Bonchev–Trinajstić information content (AvgIpc) is 2.74. The molecule has 0 aliphatic rings. The first-order chi connectivity index (χ1) is 9.51. The van der Waals surface area contributed by atoms with Crippen LogP contribution >= 0.6 is 22.9 Å². The molecule has 0 radical (unpaired) electrons. The molecule has 3 nitrogen and oxygen atoms in total. The first kappa shape index (κ1) is 14.9. The van der Waals surface area contributed by atoms with Crippen molar-refractivity contribution in [3.63, 3.8) is 0 Å². The standard InChI is InChI=1S/C14H13ClFNO2S/c1-3-19-14(18)13-8(2)20-12(17-13)6-9-4-5-10(16)7-11(9)15/h4-5,7H,3,6H2,1-2H3. The summed E-state index contributed by atoms with van der Waals surface area (Å²) in [7, 11) is 0. The van der Waals surface area contributed by atoms with Gasteiger partial charge < -0.3 is 4.74 Å². The maximum absolute atomic E-state index is 13.0. The third-order valence-corrected chi connectivity index (χ3v) is 3.99. The van der Waals surface area contributed by atoms with Crippen molar-refractivity contribution in [2.24, 2.45) is 0 Å². The van der Waals surface area contributed by atoms with Gasteiger partial charge in [0.2, 0.25) is 0 Å². The van der Waals surface area contributed by atoms with Crippen molar-refractivity contribution in [3.05, 3.63) is 50.2 Å². The van der Waals surface area contributed by atoms with E-state index in [1.54, 1.807) is 13.0 Å². The number of rotatable bonds is 4. The molecule has 0 saturated carbocycles. The molecule has 2 aromatic rings. The number of aryl methyl sites for hydroxylation is 1.